The molecule has 1 saturated heterocycles. The van der Waals surface area contributed by atoms with Crippen LogP contribution in [0.25, 0.3) is 0 Å². The molecule has 0 aromatic heterocycles. The fraction of sp³-hybridized carbons (Fsp3) is 0.500. The zero-order valence-corrected chi connectivity index (χ0v) is 10.3. The van der Waals surface area contributed by atoms with Crippen LogP contribution in [0.4, 0.5) is 0 Å². The summed E-state index contributed by atoms with van der Waals surface area (Å²) in [7, 11) is 0. The normalized spacial score (nSPS) is 33.6. The largest absolute Gasteiger partial charge is 0.466 e. The lowest BCUT2D eigenvalue weighted by atomic mass is 10.2. The Morgan fingerprint density at radius 2 is 2.22 bits per heavy atom. The van der Waals surface area contributed by atoms with Crippen molar-refractivity contribution in [3.8, 4) is 0 Å². The first-order chi connectivity index (χ1) is 8.75. The van der Waals surface area contributed by atoms with E-state index in [1.165, 1.54) is 0 Å². The van der Waals surface area contributed by atoms with E-state index >= 15 is 0 Å². The minimum absolute atomic E-state index is 0.161. The van der Waals surface area contributed by atoms with E-state index < -0.39 is 5.60 Å². The lowest BCUT2D eigenvalue weighted by molar-refractivity contribution is -0.147. The first-order valence-corrected chi connectivity index (χ1v) is 6.26. The fourth-order valence-electron chi connectivity index (χ4n) is 2.39. The fourth-order valence-corrected chi connectivity index (χ4v) is 2.39. The molecule has 18 heavy (non-hydrogen) atoms. The van der Waals surface area contributed by atoms with E-state index in [1.807, 2.05) is 37.3 Å². The number of ether oxygens (including phenoxy) is 3. The van der Waals surface area contributed by atoms with E-state index in [-0.39, 0.29) is 18.2 Å². The van der Waals surface area contributed by atoms with Gasteiger partial charge in [0.05, 0.1) is 19.1 Å². The highest BCUT2D eigenvalue weighted by Crippen LogP contribution is 2.54. The molecule has 1 aromatic rings. The minimum Gasteiger partial charge on any atom is -0.466 e. The van der Waals surface area contributed by atoms with E-state index in [4.69, 9.17) is 14.2 Å². The van der Waals surface area contributed by atoms with E-state index in [0.717, 1.165) is 5.56 Å². The van der Waals surface area contributed by atoms with E-state index in [2.05, 4.69) is 0 Å². The van der Waals surface area contributed by atoms with Crippen LogP contribution in [0.3, 0.4) is 0 Å². The zero-order valence-electron chi connectivity index (χ0n) is 10.3. The van der Waals surface area contributed by atoms with Crippen LogP contribution in [0.1, 0.15) is 25.2 Å². The molecule has 1 heterocycles. The third-order valence-corrected chi connectivity index (χ3v) is 3.49. The van der Waals surface area contributed by atoms with Gasteiger partial charge >= 0.3 is 5.97 Å². The van der Waals surface area contributed by atoms with Gasteiger partial charge in [0, 0.05) is 5.56 Å². The van der Waals surface area contributed by atoms with Gasteiger partial charge in [-0.05, 0) is 13.3 Å². The molecule has 1 saturated carbocycles. The van der Waals surface area contributed by atoms with Crippen molar-refractivity contribution in [3.05, 3.63) is 35.9 Å². The van der Waals surface area contributed by atoms with Crippen molar-refractivity contribution in [2.45, 2.75) is 25.2 Å². The van der Waals surface area contributed by atoms with E-state index in [0.29, 0.717) is 19.6 Å². The summed E-state index contributed by atoms with van der Waals surface area (Å²) in [5.41, 5.74) is 0.552. The Balaban J connectivity index is 1.65. The molecule has 96 valence electrons. The molecule has 1 aliphatic heterocycles. The second-order valence-corrected chi connectivity index (χ2v) is 4.74. The van der Waals surface area contributed by atoms with Gasteiger partial charge in [-0.25, -0.2) is 0 Å². The summed E-state index contributed by atoms with van der Waals surface area (Å²) in [5, 5.41) is 0. The van der Waals surface area contributed by atoms with Crippen LogP contribution in [0.2, 0.25) is 0 Å². The molecular formula is C14H16O4. The summed E-state index contributed by atoms with van der Waals surface area (Å²) in [6.07, 6.45) is 0.348. The Bertz CT molecular complexity index is 444. The Hall–Kier alpha value is -1.39. The number of carbonyl (C=O) groups is 1. The van der Waals surface area contributed by atoms with Crippen LogP contribution in [0.15, 0.2) is 30.3 Å². The Morgan fingerprint density at radius 3 is 2.94 bits per heavy atom. The van der Waals surface area contributed by atoms with Gasteiger partial charge in [-0.15, -0.1) is 0 Å². The lowest BCUT2D eigenvalue weighted by Crippen LogP contribution is -2.20. The molecule has 4 nitrogen and oxygen atoms in total. The molecule has 0 bridgehead atoms. The second-order valence-electron chi connectivity index (χ2n) is 4.74. The molecule has 4 heteroatoms. The third-order valence-electron chi connectivity index (χ3n) is 3.49. The van der Waals surface area contributed by atoms with Crippen LogP contribution in [0.5, 0.6) is 0 Å². The average molecular weight is 248 g/mol. The number of rotatable bonds is 3. The van der Waals surface area contributed by atoms with Gasteiger partial charge in [0.15, 0.2) is 6.29 Å². The van der Waals surface area contributed by atoms with Gasteiger partial charge in [-0.3, -0.25) is 4.79 Å². The smallest absolute Gasteiger partial charge is 0.312 e. The van der Waals surface area contributed by atoms with Crippen molar-refractivity contribution in [2.24, 2.45) is 5.92 Å². The summed E-state index contributed by atoms with van der Waals surface area (Å²) in [4.78, 5) is 11.7. The van der Waals surface area contributed by atoms with Crippen molar-refractivity contribution in [1.82, 2.24) is 0 Å². The second kappa shape index (κ2) is 4.37. The predicted octanol–water partition coefficient (Wildman–Crippen LogP) is 2.05. The Kier molecular flexibility index (Phi) is 2.84. The topological polar surface area (TPSA) is 44.8 Å². The first-order valence-electron chi connectivity index (χ1n) is 6.26. The highest BCUT2D eigenvalue weighted by Gasteiger charge is 2.65. The van der Waals surface area contributed by atoms with Gasteiger partial charge in [0.2, 0.25) is 0 Å². The average Bonchev–Trinajstić information content (AvgIpc) is 2.92. The van der Waals surface area contributed by atoms with Crippen LogP contribution in [0, 0.1) is 5.92 Å². The lowest BCUT2D eigenvalue weighted by Gasteiger charge is -2.11. The monoisotopic (exact) mass is 248 g/mol. The molecule has 1 aromatic carbocycles. The van der Waals surface area contributed by atoms with Crippen molar-refractivity contribution in [3.63, 3.8) is 0 Å². The van der Waals surface area contributed by atoms with E-state index in [1.54, 1.807) is 0 Å². The number of carbonyl (C=O) groups excluding carboxylic acids is 1. The molecule has 0 N–H and O–H groups in total. The van der Waals surface area contributed by atoms with E-state index in [9.17, 15) is 4.79 Å². The first kappa shape index (κ1) is 11.7. The highest BCUT2D eigenvalue weighted by atomic mass is 16.7. The molecule has 3 unspecified atom stereocenters. The van der Waals surface area contributed by atoms with Crippen LogP contribution < -0.4 is 0 Å². The quantitative estimate of drug-likeness (QED) is 0.768. The SMILES string of the molecule is CCOC(=O)C1CC12COC(c1ccccc1)O2. The number of hydrogen-bond acceptors (Lipinski definition) is 4. The van der Waals surface area contributed by atoms with Gasteiger partial charge in [-0.2, -0.15) is 0 Å². The van der Waals surface area contributed by atoms with Crippen LogP contribution in [-0.4, -0.2) is 24.8 Å². The predicted molar refractivity (Wildman–Crippen MR) is 63.7 cm³/mol. The molecule has 0 amide bonds. The number of benzene rings is 1. The summed E-state index contributed by atoms with van der Waals surface area (Å²) in [6.45, 7) is 2.69. The molecule has 1 spiro atoms. The van der Waals surface area contributed by atoms with Gasteiger partial charge < -0.3 is 14.2 Å². The van der Waals surface area contributed by atoms with Gasteiger partial charge in [0.25, 0.3) is 0 Å². The maximum atomic E-state index is 11.7. The molecule has 3 atom stereocenters. The number of hydrogen-bond donors (Lipinski definition) is 0. The summed E-state index contributed by atoms with van der Waals surface area (Å²) < 4.78 is 16.6. The maximum absolute atomic E-state index is 11.7. The summed E-state index contributed by atoms with van der Waals surface area (Å²) in [6, 6.07) is 9.77. The molecule has 1 aliphatic carbocycles. The van der Waals surface area contributed by atoms with Crippen LogP contribution in [-0.2, 0) is 19.0 Å². The molecular weight excluding hydrogens is 232 g/mol. The zero-order chi connectivity index (χ0) is 12.6. The minimum atomic E-state index is -0.438. The van der Waals surface area contributed by atoms with Crippen molar-refractivity contribution >= 4 is 5.97 Å². The Morgan fingerprint density at radius 1 is 1.44 bits per heavy atom. The third kappa shape index (κ3) is 1.91. The Labute approximate surface area is 106 Å². The van der Waals surface area contributed by atoms with Crippen molar-refractivity contribution in [2.75, 3.05) is 13.2 Å². The van der Waals surface area contributed by atoms with Gasteiger partial charge in [0.1, 0.15) is 5.60 Å². The molecule has 2 fully saturated rings. The molecule has 2 aliphatic rings. The van der Waals surface area contributed by atoms with Crippen molar-refractivity contribution < 1.29 is 19.0 Å². The molecule has 3 rings (SSSR count). The highest BCUT2D eigenvalue weighted by molar-refractivity contribution is 5.78. The van der Waals surface area contributed by atoms with Crippen LogP contribution >= 0.6 is 0 Å². The maximum Gasteiger partial charge on any atom is 0.312 e. The standard InChI is InChI=1S/C14H16O4/c1-2-16-12(15)11-8-14(11)9-17-13(18-14)10-6-4-3-5-7-10/h3-7,11,13H,2,8-9H2,1H3. The van der Waals surface area contributed by atoms with Crippen molar-refractivity contribution in [1.29, 1.82) is 0 Å². The number of esters is 1. The summed E-state index contributed by atoms with van der Waals surface area (Å²) >= 11 is 0. The molecule has 0 radical (unpaired) electrons. The van der Waals surface area contributed by atoms with Gasteiger partial charge in [-0.1, -0.05) is 30.3 Å². The summed E-state index contributed by atoms with van der Waals surface area (Å²) in [5.74, 6) is -0.332.